The lowest BCUT2D eigenvalue weighted by molar-refractivity contribution is -0.113. The fraction of sp³-hybridized carbons (Fsp3) is 0.500. The van der Waals surface area contributed by atoms with E-state index in [1.807, 2.05) is 54.9 Å². The molecule has 1 atom stereocenters. The molecule has 0 bridgehead atoms. The van der Waals surface area contributed by atoms with Crippen molar-refractivity contribution in [1.82, 2.24) is 14.8 Å². The van der Waals surface area contributed by atoms with Crippen LogP contribution in [0.1, 0.15) is 12.2 Å². The molecule has 0 spiro atoms. The van der Waals surface area contributed by atoms with Crippen LogP contribution in [0.2, 0.25) is 0 Å². The van der Waals surface area contributed by atoms with E-state index in [9.17, 15) is 13.2 Å². The number of hydrogen-bond donors (Lipinski definition) is 1. The van der Waals surface area contributed by atoms with Crippen LogP contribution in [0.3, 0.4) is 0 Å². The molecule has 0 aliphatic carbocycles. The van der Waals surface area contributed by atoms with Crippen molar-refractivity contribution in [3.63, 3.8) is 0 Å². The Morgan fingerprint density at radius 2 is 2.00 bits per heavy atom. The molecule has 0 unspecified atom stereocenters. The van der Waals surface area contributed by atoms with Gasteiger partial charge in [-0.25, -0.2) is 8.42 Å². The Bertz CT molecular complexity index is 939. The zero-order valence-corrected chi connectivity index (χ0v) is 17.9. The molecule has 1 aliphatic heterocycles. The maximum Gasteiger partial charge on any atom is 0.234 e. The number of carbonyl (C=O) groups is 1. The summed E-state index contributed by atoms with van der Waals surface area (Å²) in [6.45, 7) is 0. The molecule has 1 aliphatic rings. The topological polar surface area (TPSA) is 97.2 Å². The highest BCUT2D eigenvalue weighted by Crippen LogP contribution is 2.24. The van der Waals surface area contributed by atoms with E-state index in [0.29, 0.717) is 18.0 Å². The summed E-state index contributed by atoms with van der Waals surface area (Å²) in [5.41, 5.74) is 1.81. The normalized spacial score (nSPS) is 18.2. The van der Waals surface area contributed by atoms with Gasteiger partial charge in [0.2, 0.25) is 5.91 Å². The molecule has 8 nitrogen and oxygen atoms in total. The third-order valence-electron chi connectivity index (χ3n) is 4.72. The Morgan fingerprint density at radius 1 is 1.29 bits per heavy atom. The minimum atomic E-state index is -2.90. The Morgan fingerprint density at radius 3 is 2.61 bits per heavy atom. The summed E-state index contributed by atoms with van der Waals surface area (Å²) in [5, 5.41) is 11.8. The van der Waals surface area contributed by atoms with Crippen molar-refractivity contribution < 1.29 is 13.2 Å². The molecule has 1 amide bonds. The molecule has 28 heavy (non-hydrogen) atoms. The fourth-order valence-electron chi connectivity index (χ4n) is 3.11. The predicted molar refractivity (Wildman–Crippen MR) is 112 cm³/mol. The second-order valence-corrected chi connectivity index (χ2v) is 10.4. The molecule has 152 valence electrons. The number of benzene rings is 1. The average molecular weight is 424 g/mol. The van der Waals surface area contributed by atoms with E-state index in [0.717, 1.165) is 17.2 Å². The van der Waals surface area contributed by atoms with Gasteiger partial charge < -0.3 is 14.8 Å². The number of hydrogen-bond acceptors (Lipinski definition) is 7. The second kappa shape index (κ2) is 8.52. The number of nitrogens with one attached hydrogen (secondary N) is 1. The van der Waals surface area contributed by atoms with Crippen LogP contribution in [0, 0.1) is 5.92 Å². The average Bonchev–Trinajstić information content (AvgIpc) is 3.16. The summed E-state index contributed by atoms with van der Waals surface area (Å²) >= 11 is 1.31. The van der Waals surface area contributed by atoms with Crippen molar-refractivity contribution in [2.24, 2.45) is 13.0 Å². The van der Waals surface area contributed by atoms with Gasteiger partial charge in [0.25, 0.3) is 0 Å². The summed E-state index contributed by atoms with van der Waals surface area (Å²) in [6.07, 6.45) is 1.26. The third-order valence-corrected chi connectivity index (χ3v) is 7.58. The molecule has 1 aromatic carbocycles. The van der Waals surface area contributed by atoms with Crippen molar-refractivity contribution in [3.05, 3.63) is 30.1 Å². The fourth-order valence-corrected chi connectivity index (χ4v) is 5.70. The number of thioether (sulfide) groups is 1. The molecule has 2 aromatic rings. The third kappa shape index (κ3) is 5.26. The van der Waals surface area contributed by atoms with Gasteiger partial charge in [-0.05, 0) is 36.6 Å². The van der Waals surface area contributed by atoms with Crippen LogP contribution in [0.25, 0.3) is 0 Å². The number of nitrogens with zero attached hydrogens (tertiary/aromatic N) is 4. The SMILES string of the molecule is CN(C)c1ccc(NC(=O)CSc2nnc(C[C@H]3CCS(=O)(=O)C3)n2C)cc1. The van der Waals surface area contributed by atoms with E-state index >= 15 is 0 Å². The lowest BCUT2D eigenvalue weighted by atomic mass is 10.1. The van der Waals surface area contributed by atoms with Crippen LogP contribution in [0.5, 0.6) is 0 Å². The van der Waals surface area contributed by atoms with Crippen molar-refractivity contribution in [1.29, 1.82) is 0 Å². The summed E-state index contributed by atoms with van der Waals surface area (Å²) in [6, 6.07) is 7.63. The van der Waals surface area contributed by atoms with Crippen LogP contribution < -0.4 is 10.2 Å². The Kier molecular flexibility index (Phi) is 6.29. The van der Waals surface area contributed by atoms with Gasteiger partial charge in [-0.3, -0.25) is 4.79 Å². The first-order valence-corrected chi connectivity index (χ1v) is 11.8. The molecular weight excluding hydrogens is 398 g/mol. The summed E-state index contributed by atoms with van der Waals surface area (Å²) in [7, 11) is 2.87. The zero-order valence-electron chi connectivity index (χ0n) is 16.3. The number of carbonyl (C=O) groups excluding carboxylic acids is 1. The number of rotatable bonds is 7. The molecule has 3 rings (SSSR count). The van der Waals surface area contributed by atoms with E-state index in [2.05, 4.69) is 15.5 Å². The first-order chi connectivity index (χ1) is 13.2. The smallest absolute Gasteiger partial charge is 0.234 e. The minimum Gasteiger partial charge on any atom is -0.378 e. The lowest BCUT2D eigenvalue weighted by Gasteiger charge is -2.13. The van der Waals surface area contributed by atoms with Gasteiger partial charge in [-0.1, -0.05) is 11.8 Å². The first kappa shape index (κ1) is 20.7. The highest BCUT2D eigenvalue weighted by molar-refractivity contribution is 7.99. The Hall–Kier alpha value is -2.07. The summed E-state index contributed by atoms with van der Waals surface area (Å²) in [5.74, 6) is 1.43. The Balaban J connectivity index is 1.52. The van der Waals surface area contributed by atoms with Crippen LogP contribution in [0.15, 0.2) is 29.4 Å². The molecular formula is C18H25N5O3S2. The number of amides is 1. The number of sulfone groups is 1. The zero-order chi connectivity index (χ0) is 20.3. The van der Waals surface area contributed by atoms with Gasteiger partial charge in [0, 0.05) is 38.9 Å². The molecule has 1 saturated heterocycles. The highest BCUT2D eigenvalue weighted by Gasteiger charge is 2.29. The summed E-state index contributed by atoms with van der Waals surface area (Å²) < 4.78 is 25.1. The standard InChI is InChI=1S/C18H25N5O3S2/c1-22(2)15-6-4-14(5-7-15)19-17(24)11-27-18-21-20-16(23(18)3)10-13-8-9-28(25,26)12-13/h4-7,13H,8-12H2,1-3H3,(H,19,24)/t13-/m1/s1. The van der Waals surface area contributed by atoms with E-state index < -0.39 is 9.84 Å². The Labute approximate surface area is 169 Å². The maximum absolute atomic E-state index is 12.2. The molecule has 0 saturated carbocycles. The first-order valence-electron chi connectivity index (χ1n) is 9.02. The summed E-state index contributed by atoms with van der Waals surface area (Å²) in [4.78, 5) is 14.2. The highest BCUT2D eigenvalue weighted by atomic mass is 32.2. The van der Waals surface area contributed by atoms with Crippen molar-refractivity contribution in [2.45, 2.75) is 18.0 Å². The second-order valence-electron chi connectivity index (χ2n) is 7.21. The molecule has 2 heterocycles. The largest absolute Gasteiger partial charge is 0.378 e. The lowest BCUT2D eigenvalue weighted by Crippen LogP contribution is -2.15. The van der Waals surface area contributed by atoms with Crippen LogP contribution >= 0.6 is 11.8 Å². The van der Waals surface area contributed by atoms with E-state index in [1.165, 1.54) is 11.8 Å². The number of anilines is 2. The van der Waals surface area contributed by atoms with Crippen molar-refractivity contribution in [2.75, 3.05) is 41.6 Å². The molecule has 0 radical (unpaired) electrons. The quantitative estimate of drug-likeness (QED) is 0.676. The van der Waals surface area contributed by atoms with Gasteiger partial charge in [0.05, 0.1) is 17.3 Å². The predicted octanol–water partition coefficient (Wildman–Crippen LogP) is 1.59. The maximum atomic E-state index is 12.2. The van der Waals surface area contributed by atoms with Gasteiger partial charge in [-0.15, -0.1) is 10.2 Å². The van der Waals surface area contributed by atoms with Crippen LogP contribution in [-0.4, -0.2) is 60.4 Å². The van der Waals surface area contributed by atoms with Crippen LogP contribution in [0.4, 0.5) is 11.4 Å². The van der Waals surface area contributed by atoms with Gasteiger partial charge in [0.1, 0.15) is 5.82 Å². The molecule has 1 aromatic heterocycles. The van der Waals surface area contributed by atoms with Crippen molar-refractivity contribution in [3.8, 4) is 0 Å². The molecule has 1 fully saturated rings. The van der Waals surface area contributed by atoms with Gasteiger partial charge in [-0.2, -0.15) is 0 Å². The van der Waals surface area contributed by atoms with E-state index in [4.69, 9.17) is 0 Å². The molecule has 10 heteroatoms. The van der Waals surface area contributed by atoms with E-state index in [1.54, 1.807) is 0 Å². The number of aromatic nitrogens is 3. The van der Waals surface area contributed by atoms with Gasteiger partial charge >= 0.3 is 0 Å². The van der Waals surface area contributed by atoms with E-state index in [-0.39, 0.29) is 29.1 Å². The van der Waals surface area contributed by atoms with Crippen molar-refractivity contribution >= 4 is 38.9 Å². The minimum absolute atomic E-state index is 0.0965. The van der Waals surface area contributed by atoms with Crippen LogP contribution in [-0.2, 0) is 28.1 Å². The van der Waals surface area contributed by atoms with Gasteiger partial charge in [0.15, 0.2) is 15.0 Å². The molecule has 1 N–H and O–H groups in total. The monoisotopic (exact) mass is 423 g/mol.